The molecule has 1 aliphatic carbocycles. The van der Waals surface area contributed by atoms with Gasteiger partial charge < -0.3 is 5.32 Å². The van der Waals surface area contributed by atoms with E-state index >= 15 is 0 Å². The molecule has 25 heavy (non-hydrogen) atoms. The van der Waals surface area contributed by atoms with Crippen LogP contribution in [0.2, 0.25) is 0 Å². The maximum atomic E-state index is 12.5. The summed E-state index contributed by atoms with van der Waals surface area (Å²) in [6.07, 6.45) is 3.98. The average molecular weight is 355 g/mol. The number of carbonyl (C=O) groups is 1. The Kier molecular flexibility index (Phi) is 4.04. The summed E-state index contributed by atoms with van der Waals surface area (Å²) < 4.78 is 1.47. The second-order valence-electron chi connectivity index (χ2n) is 6.23. The van der Waals surface area contributed by atoms with E-state index in [0.29, 0.717) is 22.0 Å². The number of amides is 1. The van der Waals surface area contributed by atoms with Crippen molar-refractivity contribution in [3.8, 4) is 0 Å². The Hall–Kier alpha value is -2.61. The van der Waals surface area contributed by atoms with E-state index in [4.69, 9.17) is 0 Å². The first kappa shape index (κ1) is 15.9. The van der Waals surface area contributed by atoms with Crippen molar-refractivity contribution in [1.82, 2.24) is 19.7 Å². The highest BCUT2D eigenvalue weighted by atomic mass is 32.1. The van der Waals surface area contributed by atoms with Crippen LogP contribution < -0.4 is 10.9 Å². The van der Waals surface area contributed by atoms with E-state index in [1.54, 1.807) is 6.07 Å². The fourth-order valence-corrected chi connectivity index (χ4v) is 3.61. The average Bonchev–Trinajstić information content (AvgIpc) is 3.35. The standard InChI is InChI=1S/C17H17N5O2S/c1-10-3-2-4-12-14(10)18-9-22(16(12)24)8-7-13(23)19-17-21-20-15(25-17)11-5-6-11/h2-4,9,11H,5-8H2,1H3,(H,19,21,23). The Balaban J connectivity index is 1.43. The molecule has 0 aliphatic heterocycles. The number of aryl methyl sites for hydroxylation is 2. The van der Waals surface area contributed by atoms with Crippen LogP contribution in [0.25, 0.3) is 10.9 Å². The molecule has 2 heterocycles. The summed E-state index contributed by atoms with van der Waals surface area (Å²) in [6.45, 7) is 2.19. The molecule has 0 unspecified atom stereocenters. The van der Waals surface area contributed by atoms with Crippen molar-refractivity contribution >= 4 is 33.3 Å². The van der Waals surface area contributed by atoms with Crippen LogP contribution in [0, 0.1) is 6.92 Å². The van der Waals surface area contributed by atoms with Crippen molar-refractivity contribution < 1.29 is 4.79 Å². The van der Waals surface area contributed by atoms with Gasteiger partial charge in [0, 0.05) is 18.9 Å². The van der Waals surface area contributed by atoms with Gasteiger partial charge in [0.15, 0.2) is 0 Å². The van der Waals surface area contributed by atoms with Gasteiger partial charge in [-0.25, -0.2) is 4.98 Å². The van der Waals surface area contributed by atoms with Gasteiger partial charge in [-0.3, -0.25) is 14.2 Å². The summed E-state index contributed by atoms with van der Waals surface area (Å²) in [7, 11) is 0. The number of hydrogen-bond donors (Lipinski definition) is 1. The Labute approximate surface area is 147 Å². The molecule has 1 N–H and O–H groups in total. The molecule has 1 saturated carbocycles. The Morgan fingerprint density at radius 3 is 3.00 bits per heavy atom. The quantitative estimate of drug-likeness (QED) is 0.759. The first-order chi connectivity index (χ1) is 12.1. The zero-order valence-corrected chi connectivity index (χ0v) is 14.5. The summed E-state index contributed by atoms with van der Waals surface area (Å²) in [4.78, 5) is 29.0. The van der Waals surface area contributed by atoms with Crippen LogP contribution in [0.5, 0.6) is 0 Å². The van der Waals surface area contributed by atoms with E-state index in [9.17, 15) is 9.59 Å². The van der Waals surface area contributed by atoms with E-state index in [1.165, 1.54) is 22.2 Å². The largest absolute Gasteiger partial charge is 0.300 e. The minimum Gasteiger partial charge on any atom is -0.300 e. The second kappa shape index (κ2) is 6.36. The third-order valence-corrected chi connectivity index (χ3v) is 5.25. The van der Waals surface area contributed by atoms with Gasteiger partial charge in [-0.1, -0.05) is 23.5 Å². The van der Waals surface area contributed by atoms with Crippen molar-refractivity contribution in [2.75, 3.05) is 5.32 Å². The van der Waals surface area contributed by atoms with E-state index in [2.05, 4.69) is 20.5 Å². The second-order valence-corrected chi connectivity index (χ2v) is 7.24. The minimum absolute atomic E-state index is 0.131. The molecule has 4 rings (SSSR count). The van der Waals surface area contributed by atoms with Gasteiger partial charge in [0.05, 0.1) is 17.2 Å². The van der Waals surface area contributed by atoms with Gasteiger partial charge in [0.1, 0.15) is 5.01 Å². The van der Waals surface area contributed by atoms with Gasteiger partial charge in [-0.2, -0.15) is 0 Å². The molecule has 0 spiro atoms. The number of nitrogens with one attached hydrogen (secondary N) is 1. The number of anilines is 1. The van der Waals surface area contributed by atoms with Gasteiger partial charge in [0.25, 0.3) is 5.56 Å². The van der Waals surface area contributed by atoms with Crippen LogP contribution in [0.15, 0.2) is 29.3 Å². The van der Waals surface area contributed by atoms with E-state index in [0.717, 1.165) is 23.4 Å². The number of carbonyl (C=O) groups excluding carboxylic acids is 1. The number of rotatable bonds is 5. The summed E-state index contributed by atoms with van der Waals surface area (Å²) in [5.74, 6) is 0.337. The van der Waals surface area contributed by atoms with Gasteiger partial charge in [-0.05, 0) is 31.4 Å². The number of aromatic nitrogens is 4. The number of fused-ring (bicyclic) bond motifs is 1. The number of hydrogen-bond acceptors (Lipinski definition) is 6. The van der Waals surface area contributed by atoms with Crippen molar-refractivity contribution in [2.24, 2.45) is 0 Å². The van der Waals surface area contributed by atoms with Crippen LogP contribution >= 0.6 is 11.3 Å². The molecule has 0 saturated heterocycles. The van der Waals surface area contributed by atoms with Crippen LogP contribution in [0.3, 0.4) is 0 Å². The molecule has 1 aromatic carbocycles. The predicted octanol–water partition coefficient (Wildman–Crippen LogP) is 2.46. The molecule has 3 aromatic rings. The van der Waals surface area contributed by atoms with Crippen molar-refractivity contribution in [3.05, 3.63) is 45.5 Å². The minimum atomic E-state index is -0.185. The molecular formula is C17H17N5O2S. The van der Waals surface area contributed by atoms with Crippen molar-refractivity contribution in [2.45, 2.75) is 38.6 Å². The highest BCUT2D eigenvalue weighted by Crippen LogP contribution is 2.42. The molecular weight excluding hydrogens is 338 g/mol. The van der Waals surface area contributed by atoms with Gasteiger partial charge in [0.2, 0.25) is 11.0 Å². The zero-order chi connectivity index (χ0) is 17.4. The fraction of sp³-hybridized carbons (Fsp3) is 0.353. The molecule has 0 atom stereocenters. The Bertz CT molecular complexity index is 1010. The first-order valence-electron chi connectivity index (χ1n) is 8.20. The molecule has 7 nitrogen and oxygen atoms in total. The van der Waals surface area contributed by atoms with Crippen molar-refractivity contribution in [3.63, 3.8) is 0 Å². The predicted molar refractivity (Wildman–Crippen MR) is 95.9 cm³/mol. The lowest BCUT2D eigenvalue weighted by atomic mass is 10.1. The molecule has 0 bridgehead atoms. The van der Waals surface area contributed by atoms with E-state index in [-0.39, 0.29) is 24.4 Å². The highest BCUT2D eigenvalue weighted by Gasteiger charge is 2.27. The Morgan fingerprint density at radius 1 is 1.36 bits per heavy atom. The molecule has 1 fully saturated rings. The van der Waals surface area contributed by atoms with Gasteiger partial charge >= 0.3 is 0 Å². The lowest BCUT2D eigenvalue weighted by molar-refractivity contribution is -0.116. The van der Waals surface area contributed by atoms with Crippen LogP contribution in [-0.2, 0) is 11.3 Å². The highest BCUT2D eigenvalue weighted by molar-refractivity contribution is 7.15. The smallest absolute Gasteiger partial charge is 0.261 e. The third kappa shape index (κ3) is 3.30. The SMILES string of the molecule is Cc1cccc2c(=O)n(CCC(=O)Nc3nnc(C4CC4)s3)cnc12. The molecule has 0 radical (unpaired) electrons. The zero-order valence-electron chi connectivity index (χ0n) is 13.7. The molecule has 2 aromatic heterocycles. The first-order valence-corrected chi connectivity index (χ1v) is 9.01. The number of nitrogens with zero attached hydrogens (tertiary/aromatic N) is 4. The molecule has 1 aliphatic rings. The Morgan fingerprint density at radius 2 is 2.20 bits per heavy atom. The third-order valence-electron chi connectivity index (χ3n) is 4.25. The molecule has 8 heteroatoms. The summed E-state index contributed by atoms with van der Waals surface area (Å²) in [6, 6.07) is 5.52. The van der Waals surface area contributed by atoms with Crippen LogP contribution in [0.1, 0.15) is 35.8 Å². The number of para-hydroxylation sites is 1. The topological polar surface area (TPSA) is 89.8 Å². The normalized spacial score (nSPS) is 14.0. The van der Waals surface area contributed by atoms with Crippen LogP contribution in [0.4, 0.5) is 5.13 Å². The molecule has 1 amide bonds. The summed E-state index contributed by atoms with van der Waals surface area (Å²) in [5, 5.41) is 12.9. The van der Waals surface area contributed by atoms with Crippen molar-refractivity contribution in [1.29, 1.82) is 0 Å². The maximum Gasteiger partial charge on any atom is 0.261 e. The number of benzene rings is 1. The molecule has 128 valence electrons. The van der Waals surface area contributed by atoms with Gasteiger partial charge in [-0.15, -0.1) is 10.2 Å². The summed E-state index contributed by atoms with van der Waals surface area (Å²) in [5.41, 5.74) is 1.53. The lowest BCUT2D eigenvalue weighted by Crippen LogP contribution is -2.23. The van der Waals surface area contributed by atoms with Crippen LogP contribution in [-0.4, -0.2) is 25.7 Å². The summed E-state index contributed by atoms with van der Waals surface area (Å²) >= 11 is 1.43. The maximum absolute atomic E-state index is 12.5. The van der Waals surface area contributed by atoms with E-state index in [1.807, 2.05) is 19.1 Å². The fourth-order valence-electron chi connectivity index (χ4n) is 2.68. The lowest BCUT2D eigenvalue weighted by Gasteiger charge is -2.07. The monoisotopic (exact) mass is 355 g/mol. The van der Waals surface area contributed by atoms with E-state index < -0.39 is 0 Å².